The molecule has 2 atom stereocenters. The van der Waals surface area contributed by atoms with E-state index in [-0.39, 0.29) is 0 Å². The molecule has 0 aromatic heterocycles. The molecule has 2 N–H and O–H groups in total. The molecule has 106 valence electrons. The average Bonchev–Trinajstić information content (AvgIpc) is 2.43. The van der Waals surface area contributed by atoms with Crippen LogP contribution in [0.25, 0.3) is 0 Å². The number of piperidine rings is 1. The van der Waals surface area contributed by atoms with Gasteiger partial charge in [-0.3, -0.25) is 4.90 Å². The predicted octanol–water partition coefficient (Wildman–Crippen LogP) is 4.05. The topological polar surface area (TPSA) is 29.3 Å². The molecule has 2 nitrogen and oxygen atoms in total. The van der Waals surface area contributed by atoms with Gasteiger partial charge in [0.2, 0.25) is 0 Å². The van der Waals surface area contributed by atoms with Crippen molar-refractivity contribution in [1.82, 2.24) is 4.90 Å². The van der Waals surface area contributed by atoms with Gasteiger partial charge in [0.15, 0.2) is 0 Å². The summed E-state index contributed by atoms with van der Waals surface area (Å²) in [5.41, 5.74) is 7.20. The van der Waals surface area contributed by atoms with E-state index in [0.717, 1.165) is 35.0 Å². The van der Waals surface area contributed by atoms with Crippen molar-refractivity contribution in [3.63, 3.8) is 0 Å². The van der Waals surface area contributed by atoms with E-state index in [1.165, 1.54) is 24.8 Å². The molecule has 1 fully saturated rings. The van der Waals surface area contributed by atoms with Crippen LogP contribution in [0.15, 0.2) is 22.7 Å². The number of nitrogens with zero attached hydrogens (tertiary/aromatic N) is 1. The molecule has 2 rings (SSSR count). The van der Waals surface area contributed by atoms with Crippen molar-refractivity contribution in [2.45, 2.75) is 38.8 Å². The maximum absolute atomic E-state index is 6.09. The van der Waals surface area contributed by atoms with Crippen LogP contribution in [0.4, 0.5) is 0 Å². The highest BCUT2D eigenvalue weighted by Crippen LogP contribution is 2.29. The summed E-state index contributed by atoms with van der Waals surface area (Å²) in [6, 6.07) is 6.49. The van der Waals surface area contributed by atoms with E-state index >= 15 is 0 Å². The Bertz CT molecular complexity index is 425. The van der Waals surface area contributed by atoms with Gasteiger partial charge in [0.05, 0.1) is 0 Å². The molecule has 19 heavy (non-hydrogen) atoms. The molecule has 0 spiro atoms. The largest absolute Gasteiger partial charge is 0.329 e. The van der Waals surface area contributed by atoms with E-state index in [0.29, 0.717) is 6.04 Å². The number of halogens is 2. The van der Waals surface area contributed by atoms with Crippen molar-refractivity contribution in [2.75, 3.05) is 13.1 Å². The van der Waals surface area contributed by atoms with Crippen molar-refractivity contribution in [3.05, 3.63) is 33.3 Å². The van der Waals surface area contributed by atoms with Crippen LogP contribution in [-0.4, -0.2) is 24.0 Å². The first-order valence-electron chi connectivity index (χ1n) is 7.02. The lowest BCUT2D eigenvalue weighted by molar-refractivity contribution is 0.107. The van der Waals surface area contributed by atoms with Gasteiger partial charge in [-0.15, -0.1) is 0 Å². The summed E-state index contributed by atoms with van der Waals surface area (Å²) >= 11 is 9.69. The highest BCUT2D eigenvalue weighted by atomic mass is 79.9. The fourth-order valence-corrected chi connectivity index (χ4v) is 3.46. The molecule has 1 saturated heterocycles. The SMILES string of the molecule is CCC1CCN(Cc2cc(Cl)ccc2Br)C(CN)C1. The Balaban J connectivity index is 2.07. The third-order valence-corrected chi connectivity index (χ3v) is 5.19. The summed E-state index contributed by atoms with van der Waals surface area (Å²) in [7, 11) is 0. The first-order chi connectivity index (χ1) is 9.13. The lowest BCUT2D eigenvalue weighted by Gasteiger charge is -2.39. The first-order valence-corrected chi connectivity index (χ1v) is 8.19. The normalized spacial score (nSPS) is 24.6. The van der Waals surface area contributed by atoms with Crippen molar-refractivity contribution in [1.29, 1.82) is 0 Å². The summed E-state index contributed by atoms with van der Waals surface area (Å²) in [6.07, 6.45) is 3.78. The average molecular weight is 346 g/mol. The van der Waals surface area contributed by atoms with E-state index in [9.17, 15) is 0 Å². The molecule has 2 unspecified atom stereocenters. The molecular formula is C15H22BrClN2. The predicted molar refractivity (Wildman–Crippen MR) is 85.4 cm³/mol. The molecule has 0 aliphatic carbocycles. The Hall–Kier alpha value is -0.0900. The summed E-state index contributed by atoms with van der Waals surface area (Å²) in [6.45, 7) is 5.09. The van der Waals surface area contributed by atoms with Gasteiger partial charge < -0.3 is 5.73 Å². The minimum Gasteiger partial charge on any atom is -0.329 e. The Morgan fingerprint density at radius 2 is 2.26 bits per heavy atom. The van der Waals surface area contributed by atoms with Crippen LogP contribution in [0, 0.1) is 5.92 Å². The van der Waals surface area contributed by atoms with Crippen molar-refractivity contribution in [3.8, 4) is 0 Å². The molecule has 0 bridgehead atoms. The number of nitrogens with two attached hydrogens (primary N) is 1. The molecule has 0 amide bonds. The zero-order valence-electron chi connectivity index (χ0n) is 11.4. The molecule has 4 heteroatoms. The highest BCUT2D eigenvalue weighted by molar-refractivity contribution is 9.10. The van der Waals surface area contributed by atoms with Gasteiger partial charge in [0.25, 0.3) is 0 Å². The van der Waals surface area contributed by atoms with Gasteiger partial charge in [0, 0.05) is 28.6 Å². The van der Waals surface area contributed by atoms with Gasteiger partial charge in [-0.05, 0) is 49.1 Å². The minimum atomic E-state index is 0.504. The van der Waals surface area contributed by atoms with Gasteiger partial charge >= 0.3 is 0 Å². The van der Waals surface area contributed by atoms with Crippen LogP contribution in [0.5, 0.6) is 0 Å². The van der Waals surface area contributed by atoms with Crippen molar-refractivity contribution >= 4 is 27.5 Å². The van der Waals surface area contributed by atoms with Crippen LogP contribution < -0.4 is 5.73 Å². The molecule has 1 heterocycles. The van der Waals surface area contributed by atoms with Crippen LogP contribution in [-0.2, 0) is 6.54 Å². The van der Waals surface area contributed by atoms with Crippen LogP contribution in [0.3, 0.4) is 0 Å². The fourth-order valence-electron chi connectivity index (χ4n) is 2.89. The summed E-state index contributed by atoms with van der Waals surface area (Å²) in [5.74, 6) is 0.840. The number of rotatable bonds is 4. The maximum Gasteiger partial charge on any atom is 0.0410 e. The van der Waals surface area contributed by atoms with Gasteiger partial charge in [-0.2, -0.15) is 0 Å². The Labute approximate surface area is 129 Å². The number of hydrogen-bond acceptors (Lipinski definition) is 2. The zero-order valence-corrected chi connectivity index (χ0v) is 13.8. The number of benzene rings is 1. The quantitative estimate of drug-likeness (QED) is 0.892. The Morgan fingerprint density at radius 3 is 2.95 bits per heavy atom. The third-order valence-electron chi connectivity index (χ3n) is 4.18. The van der Waals surface area contributed by atoms with Crippen LogP contribution >= 0.6 is 27.5 Å². The van der Waals surface area contributed by atoms with E-state index in [1.54, 1.807) is 0 Å². The fraction of sp³-hybridized carbons (Fsp3) is 0.600. The van der Waals surface area contributed by atoms with Crippen LogP contribution in [0.2, 0.25) is 5.02 Å². The monoisotopic (exact) mass is 344 g/mol. The second-order valence-electron chi connectivity index (χ2n) is 5.39. The lowest BCUT2D eigenvalue weighted by Crippen LogP contribution is -2.46. The first kappa shape index (κ1) is 15.3. The maximum atomic E-state index is 6.09. The molecule has 0 radical (unpaired) electrons. The van der Waals surface area contributed by atoms with Gasteiger partial charge in [0.1, 0.15) is 0 Å². The third kappa shape index (κ3) is 3.94. The Kier molecular flexibility index (Phi) is 5.70. The van der Waals surface area contributed by atoms with E-state index in [4.69, 9.17) is 17.3 Å². The van der Waals surface area contributed by atoms with Gasteiger partial charge in [-0.25, -0.2) is 0 Å². The molecule has 1 aromatic rings. The smallest absolute Gasteiger partial charge is 0.0410 e. The van der Waals surface area contributed by atoms with Gasteiger partial charge in [-0.1, -0.05) is 40.9 Å². The van der Waals surface area contributed by atoms with E-state index < -0.39 is 0 Å². The molecule has 0 saturated carbocycles. The Morgan fingerprint density at radius 1 is 1.47 bits per heavy atom. The summed E-state index contributed by atoms with van der Waals surface area (Å²) in [5, 5.41) is 0.797. The van der Waals surface area contributed by atoms with Crippen molar-refractivity contribution < 1.29 is 0 Å². The second kappa shape index (κ2) is 7.07. The minimum absolute atomic E-state index is 0.504. The summed E-state index contributed by atoms with van der Waals surface area (Å²) in [4.78, 5) is 2.50. The second-order valence-corrected chi connectivity index (χ2v) is 6.69. The number of likely N-dealkylation sites (tertiary alicyclic amines) is 1. The molecule has 1 aliphatic rings. The van der Waals surface area contributed by atoms with Crippen LogP contribution in [0.1, 0.15) is 31.7 Å². The van der Waals surface area contributed by atoms with E-state index in [2.05, 4.69) is 27.8 Å². The zero-order chi connectivity index (χ0) is 13.8. The van der Waals surface area contributed by atoms with E-state index in [1.807, 2.05) is 18.2 Å². The number of hydrogen-bond donors (Lipinski definition) is 1. The highest BCUT2D eigenvalue weighted by Gasteiger charge is 2.26. The molecule has 1 aromatic carbocycles. The van der Waals surface area contributed by atoms with Crippen molar-refractivity contribution in [2.24, 2.45) is 11.7 Å². The lowest BCUT2D eigenvalue weighted by atomic mass is 9.88. The summed E-state index contributed by atoms with van der Waals surface area (Å²) < 4.78 is 1.13. The standard InChI is InChI=1S/C15H22BrClN2/c1-2-11-5-6-19(14(7-11)9-18)10-12-8-13(17)3-4-15(12)16/h3-4,8,11,14H,2,5-7,9-10,18H2,1H3. The molecule has 1 aliphatic heterocycles. The molecular weight excluding hydrogens is 324 g/mol.